The first-order chi connectivity index (χ1) is 10.2. The Morgan fingerprint density at radius 1 is 1.24 bits per heavy atom. The Morgan fingerprint density at radius 2 is 1.90 bits per heavy atom. The molecule has 1 saturated heterocycles. The quantitative estimate of drug-likeness (QED) is 0.816. The van der Waals surface area contributed by atoms with Gasteiger partial charge in [0.1, 0.15) is 5.54 Å². The van der Waals surface area contributed by atoms with Crippen molar-refractivity contribution in [3.63, 3.8) is 0 Å². The molecule has 1 aromatic carbocycles. The molecule has 1 fully saturated rings. The molecule has 0 unspecified atom stereocenters. The number of benzene rings is 1. The number of carbonyl (C=O) groups excluding carboxylic acids is 1. The van der Waals surface area contributed by atoms with Gasteiger partial charge in [-0.05, 0) is 31.9 Å². The summed E-state index contributed by atoms with van der Waals surface area (Å²) in [4.78, 5) is 14.8. The Labute approximate surface area is 127 Å². The van der Waals surface area contributed by atoms with Crippen LogP contribution in [0.5, 0.6) is 0 Å². The average Bonchev–Trinajstić information content (AvgIpc) is 2.54. The van der Waals surface area contributed by atoms with Crippen LogP contribution in [0.3, 0.4) is 0 Å². The summed E-state index contributed by atoms with van der Waals surface area (Å²) in [6.45, 7) is 8.08. The summed E-state index contributed by atoms with van der Waals surface area (Å²) in [5.74, 6) is -0.100. The number of ether oxygens (including phenoxy) is 1. The first-order valence-electron chi connectivity index (χ1n) is 7.88. The van der Waals surface area contributed by atoms with Crippen molar-refractivity contribution < 1.29 is 9.53 Å². The molecule has 0 spiro atoms. The summed E-state index contributed by atoms with van der Waals surface area (Å²) in [5.41, 5.74) is 0.663. The highest BCUT2D eigenvalue weighted by atomic mass is 16.5. The van der Waals surface area contributed by atoms with Gasteiger partial charge < -0.3 is 9.64 Å². The van der Waals surface area contributed by atoms with E-state index in [-0.39, 0.29) is 5.97 Å². The molecule has 0 saturated carbocycles. The van der Waals surface area contributed by atoms with Crippen LogP contribution in [0.4, 0.5) is 0 Å². The largest absolute Gasteiger partial charge is 0.465 e. The van der Waals surface area contributed by atoms with Crippen LogP contribution < -0.4 is 5.32 Å². The van der Waals surface area contributed by atoms with Gasteiger partial charge in [-0.15, -0.1) is 0 Å². The van der Waals surface area contributed by atoms with E-state index in [2.05, 4.69) is 29.3 Å². The van der Waals surface area contributed by atoms with Crippen LogP contribution in [-0.2, 0) is 16.1 Å². The summed E-state index contributed by atoms with van der Waals surface area (Å²) in [6.07, 6.45) is 1.62. The smallest absolute Gasteiger partial charge is 0.326 e. The molecular weight excluding hydrogens is 264 g/mol. The summed E-state index contributed by atoms with van der Waals surface area (Å²) in [6, 6.07) is 10.2. The summed E-state index contributed by atoms with van der Waals surface area (Å²) in [5, 5.41) is 3.48. The molecule has 1 aliphatic rings. The molecule has 0 aromatic heterocycles. The molecule has 4 nitrogen and oxygen atoms in total. The number of rotatable bonds is 6. The second-order valence-electron chi connectivity index (χ2n) is 5.58. The Kier molecular flexibility index (Phi) is 5.76. The summed E-state index contributed by atoms with van der Waals surface area (Å²) in [7, 11) is 0. The molecular formula is C17H26N2O2. The first-order valence-corrected chi connectivity index (χ1v) is 7.88. The predicted octanol–water partition coefficient (Wildman–Crippen LogP) is 2.19. The van der Waals surface area contributed by atoms with E-state index in [9.17, 15) is 4.79 Å². The Hall–Kier alpha value is -1.39. The number of hydrogen-bond acceptors (Lipinski definition) is 4. The van der Waals surface area contributed by atoms with Crippen LogP contribution in [0.2, 0.25) is 0 Å². The zero-order valence-electron chi connectivity index (χ0n) is 13.1. The van der Waals surface area contributed by atoms with Gasteiger partial charge in [-0.25, -0.2) is 0 Å². The Morgan fingerprint density at radius 3 is 2.48 bits per heavy atom. The van der Waals surface area contributed by atoms with E-state index in [4.69, 9.17) is 4.74 Å². The fraction of sp³-hybridized carbons (Fsp3) is 0.588. The van der Waals surface area contributed by atoms with E-state index in [0.717, 1.165) is 32.5 Å². The first kappa shape index (κ1) is 16.0. The monoisotopic (exact) mass is 290 g/mol. The van der Waals surface area contributed by atoms with Crippen LogP contribution in [0.1, 0.15) is 32.3 Å². The van der Waals surface area contributed by atoms with Gasteiger partial charge in [0.2, 0.25) is 0 Å². The van der Waals surface area contributed by atoms with Gasteiger partial charge in [-0.1, -0.05) is 37.3 Å². The van der Waals surface area contributed by atoms with Gasteiger partial charge in [0, 0.05) is 19.6 Å². The minimum Gasteiger partial charge on any atom is -0.465 e. The number of esters is 1. The molecule has 1 aromatic rings. The van der Waals surface area contributed by atoms with E-state index >= 15 is 0 Å². The maximum absolute atomic E-state index is 12.4. The van der Waals surface area contributed by atoms with E-state index in [1.54, 1.807) is 0 Å². The highest BCUT2D eigenvalue weighted by molar-refractivity contribution is 5.81. The lowest BCUT2D eigenvalue weighted by molar-refractivity contribution is -0.153. The normalized spacial score (nSPS) is 18.4. The minimum atomic E-state index is -0.530. The Balaban J connectivity index is 2.04. The van der Waals surface area contributed by atoms with Crippen molar-refractivity contribution in [2.45, 2.75) is 38.8 Å². The van der Waals surface area contributed by atoms with Crippen LogP contribution in [-0.4, -0.2) is 42.6 Å². The maximum Gasteiger partial charge on any atom is 0.326 e. The van der Waals surface area contributed by atoms with Gasteiger partial charge in [-0.3, -0.25) is 10.1 Å². The molecule has 0 atom stereocenters. The number of likely N-dealkylation sites (tertiary alicyclic amines) is 1. The maximum atomic E-state index is 12.4. The molecule has 0 bridgehead atoms. The zero-order chi connectivity index (χ0) is 15.1. The lowest BCUT2D eigenvalue weighted by Gasteiger charge is -2.40. The highest BCUT2D eigenvalue weighted by Gasteiger charge is 2.41. The molecule has 2 rings (SSSR count). The van der Waals surface area contributed by atoms with Crippen LogP contribution in [0.15, 0.2) is 30.3 Å². The molecule has 21 heavy (non-hydrogen) atoms. The molecule has 1 N–H and O–H groups in total. The van der Waals surface area contributed by atoms with Gasteiger partial charge in [0.25, 0.3) is 0 Å². The van der Waals surface area contributed by atoms with Crippen molar-refractivity contribution in [1.29, 1.82) is 0 Å². The Bertz CT molecular complexity index is 439. The van der Waals surface area contributed by atoms with E-state index in [1.807, 2.05) is 25.1 Å². The number of nitrogens with one attached hydrogen (secondary N) is 1. The average molecular weight is 290 g/mol. The van der Waals surface area contributed by atoms with E-state index in [1.165, 1.54) is 5.56 Å². The van der Waals surface area contributed by atoms with Crippen molar-refractivity contribution in [1.82, 2.24) is 10.2 Å². The molecule has 0 aliphatic carbocycles. The lowest BCUT2D eigenvalue weighted by Crippen LogP contribution is -2.58. The number of carbonyl (C=O) groups is 1. The van der Waals surface area contributed by atoms with Crippen molar-refractivity contribution in [2.75, 3.05) is 26.2 Å². The fourth-order valence-corrected chi connectivity index (χ4v) is 2.84. The molecule has 1 heterocycles. The molecule has 1 aliphatic heterocycles. The van der Waals surface area contributed by atoms with Gasteiger partial charge in [0.15, 0.2) is 0 Å². The molecule has 4 heteroatoms. The van der Waals surface area contributed by atoms with Crippen molar-refractivity contribution in [3.8, 4) is 0 Å². The predicted molar refractivity (Wildman–Crippen MR) is 84.0 cm³/mol. The van der Waals surface area contributed by atoms with Gasteiger partial charge in [0.05, 0.1) is 6.61 Å². The molecule has 116 valence electrons. The SMILES string of the molecule is CCOC(=O)C1(NCc2ccccc2)CCN(CC)CC1. The van der Waals surface area contributed by atoms with Crippen molar-refractivity contribution in [2.24, 2.45) is 0 Å². The second kappa shape index (κ2) is 7.57. The van der Waals surface area contributed by atoms with Gasteiger partial charge in [-0.2, -0.15) is 0 Å². The molecule has 0 amide bonds. The van der Waals surface area contributed by atoms with Crippen molar-refractivity contribution in [3.05, 3.63) is 35.9 Å². The third-order valence-corrected chi connectivity index (χ3v) is 4.30. The standard InChI is InChI=1S/C17H26N2O2/c1-3-19-12-10-17(11-13-19,16(20)21-4-2)18-14-15-8-6-5-7-9-15/h5-9,18H,3-4,10-14H2,1-2H3. The van der Waals surface area contributed by atoms with Crippen LogP contribution in [0, 0.1) is 0 Å². The summed E-state index contributed by atoms with van der Waals surface area (Å²) >= 11 is 0. The topological polar surface area (TPSA) is 41.6 Å². The third kappa shape index (κ3) is 4.05. The van der Waals surface area contributed by atoms with Crippen LogP contribution >= 0.6 is 0 Å². The highest BCUT2D eigenvalue weighted by Crippen LogP contribution is 2.24. The minimum absolute atomic E-state index is 0.100. The number of piperidine rings is 1. The number of nitrogens with zero attached hydrogens (tertiary/aromatic N) is 1. The number of hydrogen-bond donors (Lipinski definition) is 1. The van der Waals surface area contributed by atoms with E-state index < -0.39 is 5.54 Å². The second-order valence-corrected chi connectivity index (χ2v) is 5.58. The summed E-state index contributed by atoms with van der Waals surface area (Å²) < 4.78 is 5.32. The van der Waals surface area contributed by atoms with Gasteiger partial charge >= 0.3 is 5.97 Å². The van der Waals surface area contributed by atoms with Crippen molar-refractivity contribution >= 4 is 5.97 Å². The molecule has 0 radical (unpaired) electrons. The van der Waals surface area contributed by atoms with Crippen LogP contribution in [0.25, 0.3) is 0 Å². The fourth-order valence-electron chi connectivity index (χ4n) is 2.84. The van der Waals surface area contributed by atoms with E-state index in [0.29, 0.717) is 13.2 Å². The third-order valence-electron chi connectivity index (χ3n) is 4.30. The zero-order valence-corrected chi connectivity index (χ0v) is 13.1. The lowest BCUT2D eigenvalue weighted by atomic mass is 9.87.